The molecule has 1 aromatic carbocycles. The number of hydrogen-bond acceptors (Lipinski definition) is 3. The quantitative estimate of drug-likeness (QED) is 0.850. The summed E-state index contributed by atoms with van der Waals surface area (Å²) in [5.74, 6) is 0.132. The highest BCUT2D eigenvalue weighted by molar-refractivity contribution is 5.97. The topological polar surface area (TPSA) is 51.0 Å². The molecule has 0 bridgehead atoms. The number of carbonyl (C=O) groups excluding carboxylic acids is 1. The fourth-order valence-corrected chi connectivity index (χ4v) is 3.23. The molecule has 110 valence electrons. The molecule has 1 fully saturated rings. The highest BCUT2D eigenvalue weighted by Crippen LogP contribution is 2.25. The summed E-state index contributed by atoms with van der Waals surface area (Å²) < 4.78 is 1.85. The Morgan fingerprint density at radius 2 is 1.95 bits per heavy atom. The second-order valence-corrected chi connectivity index (χ2v) is 5.85. The van der Waals surface area contributed by atoms with Crippen LogP contribution in [0.2, 0.25) is 0 Å². The van der Waals surface area contributed by atoms with Crippen LogP contribution in [0.5, 0.6) is 0 Å². The number of aromatic nitrogens is 3. The highest BCUT2D eigenvalue weighted by atomic mass is 16.2. The van der Waals surface area contributed by atoms with Gasteiger partial charge in [-0.05, 0) is 38.3 Å². The molecular weight excluding hydrogens is 264 g/mol. The van der Waals surface area contributed by atoms with Crippen LogP contribution in [-0.4, -0.2) is 38.9 Å². The number of nitrogens with zero attached hydrogens (tertiary/aromatic N) is 4. The van der Waals surface area contributed by atoms with Crippen molar-refractivity contribution in [1.29, 1.82) is 0 Å². The van der Waals surface area contributed by atoms with E-state index < -0.39 is 0 Å². The van der Waals surface area contributed by atoms with Gasteiger partial charge in [-0.2, -0.15) is 0 Å². The number of benzene rings is 1. The second kappa shape index (κ2) is 5.31. The molecule has 0 aliphatic carbocycles. The average Bonchev–Trinajstić information content (AvgIpc) is 3.08. The van der Waals surface area contributed by atoms with Gasteiger partial charge < -0.3 is 4.90 Å². The number of likely N-dealkylation sites (tertiary alicyclic amines) is 1. The third-order valence-electron chi connectivity index (χ3n) is 4.16. The summed E-state index contributed by atoms with van der Waals surface area (Å²) in [5, 5.41) is 7.88. The van der Waals surface area contributed by atoms with Crippen molar-refractivity contribution in [2.24, 2.45) is 0 Å². The summed E-state index contributed by atoms with van der Waals surface area (Å²) in [7, 11) is 0. The first kappa shape index (κ1) is 13.8. The van der Waals surface area contributed by atoms with Gasteiger partial charge in [-0.1, -0.05) is 22.9 Å². The maximum Gasteiger partial charge on any atom is 0.254 e. The Hall–Kier alpha value is -2.17. The van der Waals surface area contributed by atoms with E-state index in [1.807, 2.05) is 29.6 Å². The summed E-state index contributed by atoms with van der Waals surface area (Å²) in [6, 6.07) is 4.39. The van der Waals surface area contributed by atoms with E-state index >= 15 is 0 Å². The number of carbonyl (C=O) groups is 1. The van der Waals surface area contributed by atoms with E-state index in [4.69, 9.17) is 0 Å². The zero-order valence-corrected chi connectivity index (χ0v) is 12.7. The van der Waals surface area contributed by atoms with Crippen LogP contribution in [0.3, 0.4) is 0 Å². The Morgan fingerprint density at radius 1 is 1.24 bits per heavy atom. The van der Waals surface area contributed by atoms with Gasteiger partial charge >= 0.3 is 0 Å². The van der Waals surface area contributed by atoms with Crippen LogP contribution in [0.15, 0.2) is 24.5 Å². The van der Waals surface area contributed by atoms with Crippen LogP contribution >= 0.6 is 0 Å². The van der Waals surface area contributed by atoms with E-state index in [0.29, 0.717) is 6.54 Å². The highest BCUT2D eigenvalue weighted by Gasteiger charge is 2.29. The van der Waals surface area contributed by atoms with Gasteiger partial charge in [0.25, 0.3) is 5.91 Å². The van der Waals surface area contributed by atoms with E-state index in [1.165, 1.54) is 5.56 Å². The van der Waals surface area contributed by atoms with Crippen molar-refractivity contribution in [2.45, 2.75) is 33.2 Å². The number of hydrogen-bond donors (Lipinski definition) is 0. The predicted molar refractivity (Wildman–Crippen MR) is 80.2 cm³/mol. The molecule has 21 heavy (non-hydrogen) atoms. The lowest BCUT2D eigenvalue weighted by molar-refractivity contribution is 0.0785. The fraction of sp³-hybridized carbons (Fsp3) is 0.438. The monoisotopic (exact) mass is 284 g/mol. The van der Waals surface area contributed by atoms with Crippen LogP contribution < -0.4 is 0 Å². The summed E-state index contributed by atoms with van der Waals surface area (Å²) in [6.45, 7) is 7.56. The molecule has 5 heteroatoms. The van der Waals surface area contributed by atoms with E-state index in [1.54, 1.807) is 6.20 Å². The molecular formula is C16H20N4O. The molecule has 0 spiro atoms. The standard InChI is InChI=1S/C16H20N4O/c1-11-8-12(2)15(13(3)9-11)16(21)19-6-4-14(10-19)20-7-5-17-18-20/h5,7-9,14H,4,6,10H2,1-3H3/t14-/m1/s1. The van der Waals surface area contributed by atoms with E-state index in [-0.39, 0.29) is 11.9 Å². The lowest BCUT2D eigenvalue weighted by Gasteiger charge is -2.19. The van der Waals surface area contributed by atoms with Gasteiger partial charge in [0, 0.05) is 24.8 Å². The van der Waals surface area contributed by atoms with Gasteiger partial charge in [0.05, 0.1) is 12.2 Å². The minimum absolute atomic E-state index is 0.132. The lowest BCUT2D eigenvalue weighted by Crippen LogP contribution is -2.30. The maximum atomic E-state index is 12.8. The molecule has 1 aromatic heterocycles. The molecule has 2 aromatic rings. The summed E-state index contributed by atoms with van der Waals surface area (Å²) in [5.41, 5.74) is 4.16. The molecule has 0 N–H and O–H groups in total. The molecule has 1 amide bonds. The first-order chi connectivity index (χ1) is 10.1. The van der Waals surface area contributed by atoms with Crippen molar-refractivity contribution >= 4 is 5.91 Å². The van der Waals surface area contributed by atoms with Crippen molar-refractivity contribution in [3.05, 3.63) is 46.8 Å². The SMILES string of the molecule is Cc1cc(C)c(C(=O)N2CC[C@@H](n3ccnn3)C2)c(C)c1. The molecule has 0 radical (unpaired) electrons. The Kier molecular flexibility index (Phi) is 3.49. The molecule has 1 atom stereocenters. The summed E-state index contributed by atoms with van der Waals surface area (Å²) in [6.07, 6.45) is 4.47. The van der Waals surface area contributed by atoms with Gasteiger partial charge in [-0.3, -0.25) is 4.79 Å². The zero-order valence-electron chi connectivity index (χ0n) is 12.7. The molecule has 1 aliphatic heterocycles. The maximum absolute atomic E-state index is 12.8. The Morgan fingerprint density at radius 3 is 2.57 bits per heavy atom. The minimum Gasteiger partial charge on any atom is -0.336 e. The molecule has 2 heterocycles. The van der Waals surface area contributed by atoms with Gasteiger partial charge in [-0.15, -0.1) is 5.10 Å². The van der Waals surface area contributed by atoms with Gasteiger partial charge in [0.2, 0.25) is 0 Å². The third-order valence-corrected chi connectivity index (χ3v) is 4.16. The van der Waals surface area contributed by atoms with E-state index in [0.717, 1.165) is 29.7 Å². The largest absolute Gasteiger partial charge is 0.336 e. The van der Waals surface area contributed by atoms with Crippen molar-refractivity contribution in [3.63, 3.8) is 0 Å². The van der Waals surface area contributed by atoms with Crippen LogP contribution in [0, 0.1) is 20.8 Å². The smallest absolute Gasteiger partial charge is 0.254 e. The summed E-state index contributed by atoms with van der Waals surface area (Å²) in [4.78, 5) is 14.7. The van der Waals surface area contributed by atoms with Crippen molar-refractivity contribution in [2.75, 3.05) is 13.1 Å². The molecule has 1 saturated heterocycles. The van der Waals surface area contributed by atoms with Crippen LogP contribution in [0.1, 0.15) is 39.5 Å². The average molecular weight is 284 g/mol. The van der Waals surface area contributed by atoms with Gasteiger partial charge in [0.1, 0.15) is 0 Å². The predicted octanol–water partition coefficient (Wildman–Crippen LogP) is 2.29. The van der Waals surface area contributed by atoms with Crippen LogP contribution in [-0.2, 0) is 0 Å². The van der Waals surface area contributed by atoms with Crippen LogP contribution in [0.25, 0.3) is 0 Å². The lowest BCUT2D eigenvalue weighted by atomic mass is 9.99. The Bertz CT molecular complexity index is 640. The molecule has 0 unspecified atom stereocenters. The van der Waals surface area contributed by atoms with Crippen LogP contribution in [0.4, 0.5) is 0 Å². The van der Waals surface area contributed by atoms with E-state index in [2.05, 4.69) is 29.4 Å². The van der Waals surface area contributed by atoms with Crippen molar-refractivity contribution < 1.29 is 4.79 Å². The number of rotatable bonds is 2. The van der Waals surface area contributed by atoms with Gasteiger partial charge in [0.15, 0.2) is 0 Å². The third kappa shape index (κ3) is 2.55. The molecule has 3 rings (SSSR count). The minimum atomic E-state index is 0.132. The van der Waals surface area contributed by atoms with Crippen molar-refractivity contribution in [3.8, 4) is 0 Å². The Labute approximate surface area is 124 Å². The van der Waals surface area contributed by atoms with E-state index in [9.17, 15) is 4.79 Å². The second-order valence-electron chi connectivity index (χ2n) is 5.85. The molecule has 0 saturated carbocycles. The molecule has 5 nitrogen and oxygen atoms in total. The summed E-state index contributed by atoms with van der Waals surface area (Å²) >= 11 is 0. The molecule has 1 aliphatic rings. The first-order valence-electron chi connectivity index (χ1n) is 7.29. The Balaban J connectivity index is 1.81. The number of amides is 1. The van der Waals surface area contributed by atoms with Crippen molar-refractivity contribution in [1.82, 2.24) is 19.9 Å². The number of aryl methyl sites for hydroxylation is 3. The normalized spacial score (nSPS) is 18.2. The zero-order chi connectivity index (χ0) is 15.0. The fourth-order valence-electron chi connectivity index (χ4n) is 3.23. The first-order valence-corrected chi connectivity index (χ1v) is 7.29. The van der Waals surface area contributed by atoms with Gasteiger partial charge in [-0.25, -0.2) is 4.68 Å².